The van der Waals surface area contributed by atoms with Crippen molar-refractivity contribution in [2.75, 3.05) is 5.32 Å². The number of thiophene rings is 1. The van der Waals surface area contributed by atoms with Crippen molar-refractivity contribution in [2.45, 2.75) is 6.17 Å². The summed E-state index contributed by atoms with van der Waals surface area (Å²) in [6.45, 7) is 0. The molecule has 3 rings (SSSR count). The molecule has 4 nitrogen and oxygen atoms in total. The van der Waals surface area contributed by atoms with Crippen molar-refractivity contribution in [2.24, 2.45) is 0 Å². The normalized spacial score (nSPS) is 11.6. The minimum Gasteiger partial charge on any atom is -0.358 e. The van der Waals surface area contributed by atoms with Gasteiger partial charge >= 0.3 is 0 Å². The molecule has 0 aliphatic carbocycles. The Hall–Kier alpha value is -2.34. The minimum absolute atomic E-state index is 0.286. The number of carbonyl (C=O) groups excluding carboxylic acids is 2. The summed E-state index contributed by atoms with van der Waals surface area (Å²) in [5.41, 5.74) is 0.926. The van der Waals surface area contributed by atoms with Gasteiger partial charge in [-0.05, 0) is 29.6 Å². The van der Waals surface area contributed by atoms with Crippen LogP contribution in [0.25, 0.3) is 0 Å². The fourth-order valence-corrected chi connectivity index (χ4v) is 3.28. The highest BCUT2D eigenvalue weighted by atomic mass is 35.5. The third kappa shape index (κ3) is 4.43. The molecular formula is C19H14Cl2N2O2S. The first-order valence-electron chi connectivity index (χ1n) is 7.70. The summed E-state index contributed by atoms with van der Waals surface area (Å²) in [5, 5.41) is 8.36. The molecule has 0 bridgehead atoms. The fourth-order valence-electron chi connectivity index (χ4n) is 2.31. The van der Waals surface area contributed by atoms with Gasteiger partial charge in [0.25, 0.3) is 5.91 Å². The predicted molar refractivity (Wildman–Crippen MR) is 106 cm³/mol. The van der Waals surface area contributed by atoms with E-state index in [2.05, 4.69) is 10.6 Å². The lowest BCUT2D eigenvalue weighted by atomic mass is 10.1. The molecule has 0 spiro atoms. The summed E-state index contributed by atoms with van der Waals surface area (Å²) in [4.78, 5) is 25.9. The van der Waals surface area contributed by atoms with Crippen LogP contribution in [0.15, 0.2) is 66.0 Å². The average molecular weight is 405 g/mol. The second-order valence-electron chi connectivity index (χ2n) is 5.38. The zero-order valence-corrected chi connectivity index (χ0v) is 15.7. The highest BCUT2D eigenvalue weighted by molar-refractivity contribution is 7.12. The number of amides is 1. The summed E-state index contributed by atoms with van der Waals surface area (Å²) in [7, 11) is 0. The lowest BCUT2D eigenvalue weighted by Crippen LogP contribution is -2.46. The molecule has 1 aromatic heterocycles. The fraction of sp³-hybridized carbons (Fsp3) is 0.0526. The summed E-state index contributed by atoms with van der Waals surface area (Å²) < 4.78 is 0. The lowest BCUT2D eigenvalue weighted by Gasteiger charge is -2.21. The first-order chi connectivity index (χ1) is 12.5. The topological polar surface area (TPSA) is 58.2 Å². The number of hydrogen-bond acceptors (Lipinski definition) is 4. The van der Waals surface area contributed by atoms with E-state index in [1.54, 1.807) is 60.0 Å². The van der Waals surface area contributed by atoms with Crippen LogP contribution in [0.4, 0.5) is 5.69 Å². The van der Waals surface area contributed by atoms with E-state index < -0.39 is 6.17 Å². The highest BCUT2D eigenvalue weighted by Crippen LogP contribution is 2.26. The van der Waals surface area contributed by atoms with Gasteiger partial charge in [-0.1, -0.05) is 59.6 Å². The van der Waals surface area contributed by atoms with E-state index in [0.29, 0.717) is 26.2 Å². The van der Waals surface area contributed by atoms with E-state index in [-0.39, 0.29) is 11.7 Å². The zero-order valence-electron chi connectivity index (χ0n) is 13.4. The number of Topliss-reactive ketones (excluding diaryl/α,β-unsaturated/α-hetero) is 1. The Kier molecular flexibility index (Phi) is 5.93. The molecule has 1 atom stereocenters. The molecular weight excluding hydrogens is 391 g/mol. The summed E-state index contributed by atoms with van der Waals surface area (Å²) in [6, 6.07) is 17.1. The van der Waals surface area contributed by atoms with E-state index in [0.717, 1.165) is 0 Å². The van der Waals surface area contributed by atoms with Gasteiger partial charge in [-0.15, -0.1) is 11.3 Å². The largest absolute Gasteiger partial charge is 0.358 e. The van der Waals surface area contributed by atoms with Crippen LogP contribution in [0.1, 0.15) is 20.0 Å². The number of anilines is 1. The average Bonchev–Trinajstić information content (AvgIpc) is 3.19. The molecule has 7 heteroatoms. The van der Waals surface area contributed by atoms with Gasteiger partial charge in [0, 0.05) is 10.6 Å². The Morgan fingerprint density at radius 2 is 1.73 bits per heavy atom. The van der Waals surface area contributed by atoms with Gasteiger partial charge in [-0.3, -0.25) is 9.59 Å². The quantitative estimate of drug-likeness (QED) is 0.443. The van der Waals surface area contributed by atoms with Crippen molar-refractivity contribution < 1.29 is 9.59 Å². The summed E-state index contributed by atoms with van der Waals surface area (Å²) in [6.07, 6.45) is -0.997. The molecule has 2 N–H and O–H groups in total. The number of carbonyl (C=O) groups is 2. The number of rotatable bonds is 6. The maximum absolute atomic E-state index is 12.9. The maximum Gasteiger partial charge on any atom is 0.263 e. The Morgan fingerprint density at radius 3 is 2.42 bits per heavy atom. The van der Waals surface area contributed by atoms with E-state index in [1.165, 1.54) is 11.3 Å². The van der Waals surface area contributed by atoms with Crippen molar-refractivity contribution in [1.82, 2.24) is 5.32 Å². The molecule has 0 saturated heterocycles. The van der Waals surface area contributed by atoms with E-state index in [4.69, 9.17) is 23.2 Å². The molecule has 0 radical (unpaired) electrons. The molecule has 1 unspecified atom stereocenters. The van der Waals surface area contributed by atoms with Crippen molar-refractivity contribution >= 4 is 51.9 Å². The first kappa shape index (κ1) is 18.5. The van der Waals surface area contributed by atoms with Crippen LogP contribution in [0.3, 0.4) is 0 Å². The number of halogens is 2. The van der Waals surface area contributed by atoms with Crippen LogP contribution >= 0.6 is 34.5 Å². The van der Waals surface area contributed by atoms with Crippen molar-refractivity contribution in [3.63, 3.8) is 0 Å². The van der Waals surface area contributed by atoms with E-state index in [1.807, 2.05) is 6.07 Å². The van der Waals surface area contributed by atoms with Gasteiger partial charge in [0.2, 0.25) is 5.78 Å². The Morgan fingerprint density at radius 1 is 0.962 bits per heavy atom. The van der Waals surface area contributed by atoms with E-state index >= 15 is 0 Å². The van der Waals surface area contributed by atoms with Crippen LogP contribution in [0, 0.1) is 0 Å². The summed E-state index contributed by atoms with van der Waals surface area (Å²) >= 11 is 13.5. The van der Waals surface area contributed by atoms with Gasteiger partial charge in [0.05, 0.1) is 15.6 Å². The molecule has 0 aliphatic rings. The van der Waals surface area contributed by atoms with Crippen LogP contribution in [-0.2, 0) is 0 Å². The van der Waals surface area contributed by atoms with Gasteiger partial charge < -0.3 is 10.6 Å². The second kappa shape index (κ2) is 8.36. The number of hydrogen-bond donors (Lipinski definition) is 2. The molecule has 0 aliphatic heterocycles. The van der Waals surface area contributed by atoms with Crippen molar-refractivity contribution in [3.8, 4) is 0 Å². The first-order valence-corrected chi connectivity index (χ1v) is 9.33. The summed E-state index contributed by atoms with van der Waals surface area (Å²) in [5.74, 6) is -0.633. The van der Waals surface area contributed by atoms with Gasteiger partial charge in [0.15, 0.2) is 6.17 Å². The molecule has 1 heterocycles. The molecule has 2 aromatic carbocycles. The molecule has 0 saturated carbocycles. The van der Waals surface area contributed by atoms with Crippen molar-refractivity contribution in [1.29, 1.82) is 0 Å². The number of nitrogens with one attached hydrogen (secondary N) is 2. The van der Waals surface area contributed by atoms with Gasteiger partial charge in [-0.2, -0.15) is 0 Å². The van der Waals surface area contributed by atoms with Gasteiger partial charge in [-0.25, -0.2) is 0 Å². The second-order valence-corrected chi connectivity index (χ2v) is 7.17. The minimum atomic E-state index is -0.997. The van der Waals surface area contributed by atoms with Gasteiger partial charge in [0.1, 0.15) is 0 Å². The maximum atomic E-state index is 12.9. The standard InChI is InChI=1S/C19H14Cl2N2O2S/c20-13-8-9-14(21)15(11-13)22-18(17(24)12-5-2-1-3-6-12)23-19(25)16-7-4-10-26-16/h1-11,18,22H,(H,23,25). The molecule has 0 fully saturated rings. The molecule has 132 valence electrons. The SMILES string of the molecule is O=C(NC(Nc1cc(Cl)ccc1Cl)C(=O)c1ccccc1)c1cccs1. The molecule has 3 aromatic rings. The van der Waals surface area contributed by atoms with Crippen LogP contribution in [-0.4, -0.2) is 17.9 Å². The zero-order chi connectivity index (χ0) is 18.5. The lowest BCUT2D eigenvalue weighted by molar-refractivity contribution is 0.0872. The highest BCUT2D eigenvalue weighted by Gasteiger charge is 2.23. The number of ketones is 1. The van der Waals surface area contributed by atoms with Crippen LogP contribution in [0.2, 0.25) is 10.0 Å². The third-order valence-corrected chi connectivity index (χ3v) is 5.00. The van der Waals surface area contributed by atoms with Crippen LogP contribution < -0.4 is 10.6 Å². The molecule has 26 heavy (non-hydrogen) atoms. The smallest absolute Gasteiger partial charge is 0.263 e. The van der Waals surface area contributed by atoms with E-state index in [9.17, 15) is 9.59 Å². The Balaban J connectivity index is 1.89. The Bertz CT molecular complexity index is 915. The molecule has 1 amide bonds. The number of benzene rings is 2. The van der Waals surface area contributed by atoms with Crippen LogP contribution in [0.5, 0.6) is 0 Å². The monoisotopic (exact) mass is 404 g/mol. The predicted octanol–water partition coefficient (Wildman–Crippen LogP) is 5.11. The van der Waals surface area contributed by atoms with Crippen molar-refractivity contribution in [3.05, 3.63) is 86.5 Å². The Labute approximate surface area is 164 Å². The third-order valence-electron chi connectivity index (χ3n) is 3.57.